The molecule has 5 heteroatoms. The lowest BCUT2D eigenvalue weighted by Gasteiger charge is -2.25. The van der Waals surface area contributed by atoms with Crippen LogP contribution in [0, 0.1) is 19.3 Å². The number of aryl methyl sites for hydroxylation is 2. The van der Waals surface area contributed by atoms with Gasteiger partial charge in [-0.15, -0.1) is 0 Å². The molecule has 0 aliphatic rings. The molecule has 1 heterocycles. The Kier molecular flexibility index (Phi) is 3.93. The Bertz CT molecular complexity index is 385. The van der Waals surface area contributed by atoms with Crippen molar-refractivity contribution >= 4 is 5.91 Å². The molecule has 0 fully saturated rings. The van der Waals surface area contributed by atoms with Crippen molar-refractivity contribution in [3.05, 3.63) is 17.0 Å². The van der Waals surface area contributed by atoms with Crippen molar-refractivity contribution < 1.29 is 9.32 Å². The summed E-state index contributed by atoms with van der Waals surface area (Å²) in [4.78, 5) is 11.8. The minimum Gasteiger partial charge on any atom is -0.361 e. The van der Waals surface area contributed by atoms with E-state index in [0.29, 0.717) is 6.54 Å². The molecule has 1 aromatic rings. The van der Waals surface area contributed by atoms with Gasteiger partial charge in [-0.3, -0.25) is 4.79 Å². The molecular weight excluding hydrogens is 218 g/mol. The zero-order valence-corrected chi connectivity index (χ0v) is 11.1. The first-order chi connectivity index (χ1) is 7.73. The largest absolute Gasteiger partial charge is 0.361 e. The average molecular weight is 239 g/mol. The van der Waals surface area contributed by atoms with Crippen LogP contribution in [0.2, 0.25) is 0 Å². The number of amides is 1. The Balaban J connectivity index is 2.61. The number of nitrogens with zero attached hydrogens (tertiary/aromatic N) is 1. The van der Waals surface area contributed by atoms with E-state index in [2.05, 4.69) is 10.5 Å². The maximum Gasteiger partial charge on any atom is 0.237 e. The minimum atomic E-state index is -0.525. The lowest BCUT2D eigenvalue weighted by Crippen LogP contribution is -2.48. The van der Waals surface area contributed by atoms with Crippen LogP contribution in [0.4, 0.5) is 0 Å². The predicted octanol–water partition coefficient (Wildman–Crippen LogP) is 1.28. The van der Waals surface area contributed by atoms with E-state index in [1.54, 1.807) is 0 Å². The quantitative estimate of drug-likeness (QED) is 0.832. The summed E-state index contributed by atoms with van der Waals surface area (Å²) in [6.07, 6.45) is 0. The topological polar surface area (TPSA) is 81.2 Å². The number of rotatable bonds is 3. The third-order valence-electron chi connectivity index (χ3n) is 2.84. The molecule has 0 aliphatic heterocycles. The van der Waals surface area contributed by atoms with Crippen molar-refractivity contribution in [3.63, 3.8) is 0 Å². The van der Waals surface area contributed by atoms with E-state index in [-0.39, 0.29) is 11.3 Å². The standard InChI is InChI=1S/C12H21N3O2/c1-7-9(8(2)17-15-7)6-14-11(16)10(13)12(3,4)5/h10H,6,13H2,1-5H3,(H,14,16). The second-order valence-electron chi connectivity index (χ2n) is 5.36. The van der Waals surface area contributed by atoms with E-state index in [9.17, 15) is 4.79 Å². The Morgan fingerprint density at radius 2 is 2.06 bits per heavy atom. The Hall–Kier alpha value is -1.36. The number of nitrogens with two attached hydrogens (primary N) is 1. The summed E-state index contributed by atoms with van der Waals surface area (Å²) < 4.78 is 5.02. The van der Waals surface area contributed by atoms with Crippen molar-refractivity contribution in [2.24, 2.45) is 11.1 Å². The maximum absolute atomic E-state index is 11.8. The number of hydrogen-bond acceptors (Lipinski definition) is 4. The molecule has 1 unspecified atom stereocenters. The first-order valence-electron chi connectivity index (χ1n) is 5.68. The van der Waals surface area contributed by atoms with E-state index in [1.807, 2.05) is 34.6 Å². The Morgan fingerprint density at radius 3 is 2.47 bits per heavy atom. The van der Waals surface area contributed by atoms with E-state index in [4.69, 9.17) is 10.3 Å². The fourth-order valence-corrected chi connectivity index (χ4v) is 1.43. The van der Waals surface area contributed by atoms with Crippen molar-refractivity contribution in [2.45, 2.75) is 47.2 Å². The second kappa shape index (κ2) is 4.87. The molecule has 0 saturated carbocycles. The van der Waals surface area contributed by atoms with Gasteiger partial charge in [0.2, 0.25) is 5.91 Å². The first kappa shape index (κ1) is 13.7. The molecule has 1 amide bonds. The summed E-state index contributed by atoms with van der Waals surface area (Å²) in [6, 6.07) is -0.525. The molecule has 5 nitrogen and oxygen atoms in total. The van der Waals surface area contributed by atoms with E-state index in [1.165, 1.54) is 0 Å². The molecule has 0 aliphatic carbocycles. The summed E-state index contributed by atoms with van der Waals surface area (Å²) in [6.45, 7) is 9.89. The zero-order chi connectivity index (χ0) is 13.2. The molecule has 0 bridgehead atoms. The normalized spacial score (nSPS) is 13.5. The summed E-state index contributed by atoms with van der Waals surface area (Å²) in [5, 5.41) is 6.64. The van der Waals surface area contributed by atoms with Gasteiger partial charge >= 0.3 is 0 Å². The monoisotopic (exact) mass is 239 g/mol. The number of hydrogen-bond donors (Lipinski definition) is 2. The highest BCUT2D eigenvalue weighted by Crippen LogP contribution is 2.17. The highest BCUT2D eigenvalue weighted by atomic mass is 16.5. The van der Waals surface area contributed by atoms with Crippen molar-refractivity contribution in [1.29, 1.82) is 0 Å². The molecule has 1 atom stereocenters. The third-order valence-corrected chi connectivity index (χ3v) is 2.84. The highest BCUT2D eigenvalue weighted by molar-refractivity contribution is 5.82. The van der Waals surface area contributed by atoms with Crippen LogP contribution >= 0.6 is 0 Å². The molecule has 0 aromatic carbocycles. The summed E-state index contributed by atoms with van der Waals surface area (Å²) in [5.74, 6) is 0.574. The van der Waals surface area contributed by atoms with Crippen molar-refractivity contribution in [3.8, 4) is 0 Å². The van der Waals surface area contributed by atoms with Crippen LogP contribution in [0.1, 0.15) is 37.8 Å². The van der Waals surface area contributed by atoms with Crippen LogP contribution in [0.25, 0.3) is 0 Å². The van der Waals surface area contributed by atoms with Crippen molar-refractivity contribution in [2.75, 3.05) is 0 Å². The van der Waals surface area contributed by atoms with Gasteiger partial charge < -0.3 is 15.6 Å². The van der Waals surface area contributed by atoms with Gasteiger partial charge in [-0.2, -0.15) is 0 Å². The van der Waals surface area contributed by atoms with Crippen LogP contribution in [-0.2, 0) is 11.3 Å². The molecular formula is C12H21N3O2. The second-order valence-corrected chi connectivity index (χ2v) is 5.36. The Labute approximate surface area is 102 Å². The van der Waals surface area contributed by atoms with Crippen LogP contribution in [-0.4, -0.2) is 17.1 Å². The highest BCUT2D eigenvalue weighted by Gasteiger charge is 2.27. The van der Waals surface area contributed by atoms with Crippen molar-refractivity contribution in [1.82, 2.24) is 10.5 Å². The molecule has 0 saturated heterocycles. The van der Waals surface area contributed by atoms with Gasteiger partial charge in [-0.25, -0.2) is 0 Å². The molecule has 0 spiro atoms. The Morgan fingerprint density at radius 1 is 1.47 bits per heavy atom. The molecule has 1 aromatic heterocycles. The van der Waals surface area contributed by atoms with Gasteiger partial charge in [0, 0.05) is 12.1 Å². The van der Waals surface area contributed by atoms with Crippen LogP contribution in [0.3, 0.4) is 0 Å². The fourth-order valence-electron chi connectivity index (χ4n) is 1.43. The maximum atomic E-state index is 11.8. The summed E-state index contributed by atoms with van der Waals surface area (Å²) in [7, 11) is 0. The zero-order valence-electron chi connectivity index (χ0n) is 11.1. The lowest BCUT2D eigenvalue weighted by molar-refractivity contribution is -0.124. The van der Waals surface area contributed by atoms with Gasteiger partial charge in [0.25, 0.3) is 0 Å². The van der Waals surface area contributed by atoms with E-state index >= 15 is 0 Å². The molecule has 0 radical (unpaired) electrons. The van der Waals surface area contributed by atoms with Gasteiger partial charge in [-0.1, -0.05) is 25.9 Å². The first-order valence-corrected chi connectivity index (χ1v) is 5.68. The molecule has 3 N–H and O–H groups in total. The van der Waals surface area contributed by atoms with Crippen LogP contribution in [0.15, 0.2) is 4.52 Å². The third kappa shape index (κ3) is 3.30. The number of carbonyl (C=O) groups excluding carboxylic acids is 1. The lowest BCUT2D eigenvalue weighted by atomic mass is 9.87. The smallest absolute Gasteiger partial charge is 0.237 e. The molecule has 1 rings (SSSR count). The fraction of sp³-hybridized carbons (Fsp3) is 0.667. The summed E-state index contributed by atoms with van der Waals surface area (Å²) >= 11 is 0. The van der Waals surface area contributed by atoms with Gasteiger partial charge in [-0.05, 0) is 19.3 Å². The van der Waals surface area contributed by atoms with Gasteiger partial charge in [0.05, 0.1) is 11.7 Å². The number of aromatic nitrogens is 1. The minimum absolute atomic E-state index is 0.155. The van der Waals surface area contributed by atoms with E-state index < -0.39 is 6.04 Å². The van der Waals surface area contributed by atoms with Crippen LogP contribution < -0.4 is 11.1 Å². The van der Waals surface area contributed by atoms with Crippen LogP contribution in [0.5, 0.6) is 0 Å². The van der Waals surface area contributed by atoms with E-state index in [0.717, 1.165) is 17.0 Å². The molecule has 17 heavy (non-hydrogen) atoms. The summed E-state index contributed by atoms with van der Waals surface area (Å²) in [5.41, 5.74) is 7.33. The van der Waals surface area contributed by atoms with Gasteiger partial charge in [0.15, 0.2) is 0 Å². The SMILES string of the molecule is Cc1noc(C)c1CNC(=O)C(N)C(C)(C)C. The molecule has 96 valence electrons. The number of carbonyl (C=O) groups is 1. The predicted molar refractivity (Wildman–Crippen MR) is 65.3 cm³/mol. The number of nitrogens with one attached hydrogen (secondary N) is 1. The van der Waals surface area contributed by atoms with Gasteiger partial charge in [0.1, 0.15) is 5.76 Å². The average Bonchev–Trinajstić information content (AvgIpc) is 2.53.